The average Bonchev–Trinajstić information content (AvgIpc) is 2.51. The molecule has 1 aromatic carbocycles. The number of rotatable bonds is 4. The molecule has 0 bridgehead atoms. The van der Waals surface area contributed by atoms with E-state index < -0.39 is 0 Å². The van der Waals surface area contributed by atoms with Gasteiger partial charge in [-0.3, -0.25) is 0 Å². The maximum atomic E-state index is 5.99. The SMILES string of the molecule is C=C(C)CSc1nc(-c2cccc(C)c2)nc2c1COC(C)(C)C2. The molecule has 2 heterocycles. The molecule has 0 unspecified atom stereocenters. The lowest BCUT2D eigenvalue weighted by atomic mass is 9.96. The Hall–Kier alpha value is -1.65. The van der Waals surface area contributed by atoms with Crippen molar-refractivity contribution in [3.05, 3.63) is 53.2 Å². The molecule has 3 rings (SSSR count). The number of aryl methyl sites for hydroxylation is 1. The summed E-state index contributed by atoms with van der Waals surface area (Å²) in [5.41, 5.74) is 5.50. The summed E-state index contributed by atoms with van der Waals surface area (Å²) in [6.45, 7) is 12.9. The molecule has 0 spiro atoms. The predicted molar refractivity (Wildman–Crippen MR) is 100 cm³/mol. The zero-order valence-corrected chi connectivity index (χ0v) is 15.7. The molecule has 0 fully saturated rings. The van der Waals surface area contributed by atoms with Crippen LogP contribution >= 0.6 is 11.8 Å². The molecule has 0 saturated carbocycles. The van der Waals surface area contributed by atoms with E-state index in [0.717, 1.165) is 45.4 Å². The fourth-order valence-corrected chi connectivity index (χ4v) is 3.63. The highest BCUT2D eigenvalue weighted by molar-refractivity contribution is 7.99. The number of fused-ring (bicyclic) bond motifs is 1. The van der Waals surface area contributed by atoms with E-state index in [1.54, 1.807) is 11.8 Å². The van der Waals surface area contributed by atoms with Crippen LogP contribution < -0.4 is 0 Å². The summed E-state index contributed by atoms with van der Waals surface area (Å²) in [7, 11) is 0. The third kappa shape index (κ3) is 3.87. The number of thioether (sulfide) groups is 1. The summed E-state index contributed by atoms with van der Waals surface area (Å²) in [4.78, 5) is 9.73. The number of hydrogen-bond donors (Lipinski definition) is 0. The highest BCUT2D eigenvalue weighted by Crippen LogP contribution is 2.34. The van der Waals surface area contributed by atoms with Crippen molar-refractivity contribution in [3.63, 3.8) is 0 Å². The monoisotopic (exact) mass is 340 g/mol. The van der Waals surface area contributed by atoms with Crippen LogP contribution in [0, 0.1) is 6.92 Å². The quantitative estimate of drug-likeness (QED) is 0.447. The Morgan fingerprint density at radius 3 is 2.83 bits per heavy atom. The standard InChI is InChI=1S/C20H24N2OS/c1-13(2)12-24-19-16-11-23-20(4,5)10-17(16)21-18(22-19)15-8-6-7-14(3)9-15/h6-9H,1,10-12H2,2-5H3. The van der Waals surface area contributed by atoms with Crippen LogP contribution in [0.15, 0.2) is 41.4 Å². The Kier molecular flexibility index (Phi) is 4.79. The number of benzene rings is 1. The van der Waals surface area contributed by atoms with Gasteiger partial charge in [0.05, 0.1) is 17.9 Å². The normalized spacial score (nSPS) is 15.8. The lowest BCUT2D eigenvalue weighted by molar-refractivity contribution is -0.0428. The minimum Gasteiger partial charge on any atom is -0.370 e. The first-order valence-corrected chi connectivity index (χ1v) is 9.20. The van der Waals surface area contributed by atoms with Gasteiger partial charge in [-0.15, -0.1) is 11.8 Å². The first-order valence-electron chi connectivity index (χ1n) is 8.22. The molecule has 0 aliphatic carbocycles. The summed E-state index contributed by atoms with van der Waals surface area (Å²) in [5.74, 6) is 1.67. The largest absolute Gasteiger partial charge is 0.370 e. The van der Waals surface area contributed by atoms with Crippen LogP contribution in [0.4, 0.5) is 0 Å². The predicted octanol–water partition coefficient (Wildman–Crippen LogP) is 4.97. The van der Waals surface area contributed by atoms with Gasteiger partial charge in [-0.2, -0.15) is 0 Å². The number of ether oxygens (including phenoxy) is 1. The maximum Gasteiger partial charge on any atom is 0.160 e. The minimum absolute atomic E-state index is 0.179. The molecular formula is C20H24N2OS. The van der Waals surface area contributed by atoms with Gasteiger partial charge in [0.25, 0.3) is 0 Å². The van der Waals surface area contributed by atoms with Gasteiger partial charge < -0.3 is 4.74 Å². The number of aromatic nitrogens is 2. The van der Waals surface area contributed by atoms with Gasteiger partial charge in [-0.25, -0.2) is 9.97 Å². The van der Waals surface area contributed by atoms with Crippen LogP contribution in [0.25, 0.3) is 11.4 Å². The highest BCUT2D eigenvalue weighted by atomic mass is 32.2. The number of hydrogen-bond acceptors (Lipinski definition) is 4. The second kappa shape index (κ2) is 6.69. The summed E-state index contributed by atoms with van der Waals surface area (Å²) >= 11 is 1.73. The molecule has 3 nitrogen and oxygen atoms in total. The van der Waals surface area contributed by atoms with E-state index in [0.29, 0.717) is 6.61 Å². The summed E-state index contributed by atoms with van der Waals surface area (Å²) in [6.07, 6.45) is 0.810. The van der Waals surface area contributed by atoms with Gasteiger partial charge in [0.2, 0.25) is 0 Å². The van der Waals surface area contributed by atoms with Crippen molar-refractivity contribution in [1.82, 2.24) is 9.97 Å². The Labute approximate surface area is 148 Å². The summed E-state index contributed by atoms with van der Waals surface area (Å²) < 4.78 is 5.99. The van der Waals surface area contributed by atoms with Crippen molar-refractivity contribution in [2.75, 3.05) is 5.75 Å². The Morgan fingerprint density at radius 2 is 2.12 bits per heavy atom. The Balaban J connectivity index is 2.07. The first-order chi connectivity index (χ1) is 11.3. The van der Waals surface area contributed by atoms with E-state index in [-0.39, 0.29) is 5.60 Å². The van der Waals surface area contributed by atoms with Crippen molar-refractivity contribution in [3.8, 4) is 11.4 Å². The fourth-order valence-electron chi connectivity index (χ4n) is 2.74. The summed E-state index contributed by atoms with van der Waals surface area (Å²) in [6, 6.07) is 8.36. The molecule has 0 saturated heterocycles. The fraction of sp³-hybridized carbons (Fsp3) is 0.400. The van der Waals surface area contributed by atoms with Crippen LogP contribution in [0.5, 0.6) is 0 Å². The van der Waals surface area contributed by atoms with Crippen molar-refractivity contribution < 1.29 is 4.74 Å². The number of nitrogens with zero attached hydrogens (tertiary/aromatic N) is 2. The molecule has 0 radical (unpaired) electrons. The van der Waals surface area contributed by atoms with Crippen molar-refractivity contribution in [2.24, 2.45) is 0 Å². The van der Waals surface area contributed by atoms with Crippen LogP contribution in [-0.4, -0.2) is 21.3 Å². The molecule has 0 amide bonds. The third-order valence-electron chi connectivity index (χ3n) is 3.99. The molecule has 126 valence electrons. The third-order valence-corrected chi connectivity index (χ3v) is 5.24. The molecule has 2 aromatic rings. The van der Waals surface area contributed by atoms with Crippen LogP contribution in [0.3, 0.4) is 0 Å². The van der Waals surface area contributed by atoms with Crippen molar-refractivity contribution in [2.45, 2.75) is 51.3 Å². The second-order valence-electron chi connectivity index (χ2n) is 7.12. The molecular weight excluding hydrogens is 316 g/mol. The van der Waals surface area contributed by atoms with Crippen LogP contribution in [0.2, 0.25) is 0 Å². The first kappa shape index (κ1) is 17.2. The van der Waals surface area contributed by atoms with Crippen molar-refractivity contribution in [1.29, 1.82) is 0 Å². The molecule has 24 heavy (non-hydrogen) atoms. The molecule has 0 N–H and O–H groups in total. The Morgan fingerprint density at radius 1 is 1.33 bits per heavy atom. The van der Waals surface area contributed by atoms with E-state index in [1.165, 1.54) is 5.56 Å². The maximum absolute atomic E-state index is 5.99. The van der Waals surface area contributed by atoms with Gasteiger partial charge in [0, 0.05) is 23.3 Å². The topological polar surface area (TPSA) is 35.0 Å². The second-order valence-corrected chi connectivity index (χ2v) is 8.08. The van der Waals surface area contributed by atoms with Crippen LogP contribution in [0.1, 0.15) is 37.6 Å². The molecule has 1 aliphatic rings. The lowest BCUT2D eigenvalue weighted by Gasteiger charge is -2.32. The molecule has 0 atom stereocenters. The van der Waals surface area contributed by atoms with Gasteiger partial charge in [-0.1, -0.05) is 35.9 Å². The highest BCUT2D eigenvalue weighted by Gasteiger charge is 2.30. The van der Waals surface area contributed by atoms with E-state index in [9.17, 15) is 0 Å². The molecule has 1 aromatic heterocycles. The van der Waals surface area contributed by atoms with E-state index >= 15 is 0 Å². The minimum atomic E-state index is -0.179. The Bertz CT molecular complexity index is 783. The molecule has 4 heteroatoms. The molecule has 1 aliphatic heterocycles. The van der Waals surface area contributed by atoms with Gasteiger partial charge in [0.1, 0.15) is 5.03 Å². The van der Waals surface area contributed by atoms with E-state index in [1.807, 2.05) is 6.92 Å². The van der Waals surface area contributed by atoms with E-state index in [2.05, 4.69) is 51.6 Å². The average molecular weight is 340 g/mol. The summed E-state index contributed by atoms with van der Waals surface area (Å²) in [5, 5.41) is 1.02. The van der Waals surface area contributed by atoms with Gasteiger partial charge >= 0.3 is 0 Å². The van der Waals surface area contributed by atoms with Gasteiger partial charge in [0.15, 0.2) is 5.82 Å². The zero-order valence-electron chi connectivity index (χ0n) is 14.8. The zero-order chi connectivity index (χ0) is 17.3. The van der Waals surface area contributed by atoms with Crippen molar-refractivity contribution >= 4 is 11.8 Å². The smallest absolute Gasteiger partial charge is 0.160 e. The van der Waals surface area contributed by atoms with Crippen LogP contribution in [-0.2, 0) is 17.8 Å². The van der Waals surface area contributed by atoms with E-state index in [4.69, 9.17) is 14.7 Å². The van der Waals surface area contributed by atoms with Gasteiger partial charge in [-0.05, 0) is 33.8 Å². The lowest BCUT2D eigenvalue weighted by Crippen LogP contribution is -2.33.